The van der Waals surface area contributed by atoms with E-state index < -0.39 is 0 Å². The third-order valence-corrected chi connectivity index (χ3v) is 4.35. The predicted molar refractivity (Wildman–Crippen MR) is 72.5 cm³/mol. The standard InChI is InChI=1S/C13H24N2O.ClH/c1-3-13(6-4-5-7-13)12(16)15-9-8-14-11(2)10-15;/h11,14H,3-10H2,1-2H3;1H. The number of piperazine rings is 1. The minimum atomic E-state index is -0.00292. The quantitative estimate of drug-likeness (QED) is 0.826. The first-order valence-electron chi connectivity index (χ1n) is 6.71. The molecule has 1 aliphatic heterocycles. The van der Waals surface area contributed by atoms with Gasteiger partial charge in [0.05, 0.1) is 0 Å². The SMILES string of the molecule is CCC1(C(=O)N2CCNC(C)C2)CCCC1.Cl. The van der Waals surface area contributed by atoms with E-state index in [4.69, 9.17) is 0 Å². The molecule has 2 fully saturated rings. The van der Waals surface area contributed by atoms with E-state index in [1.54, 1.807) is 0 Å². The molecule has 1 unspecified atom stereocenters. The molecule has 0 aromatic carbocycles. The van der Waals surface area contributed by atoms with Gasteiger partial charge in [-0.3, -0.25) is 4.79 Å². The average molecular weight is 261 g/mol. The van der Waals surface area contributed by atoms with Crippen LogP contribution in [0.1, 0.15) is 46.0 Å². The molecule has 1 heterocycles. The minimum absolute atomic E-state index is 0. The Morgan fingerprint density at radius 2 is 2.06 bits per heavy atom. The van der Waals surface area contributed by atoms with Gasteiger partial charge >= 0.3 is 0 Å². The van der Waals surface area contributed by atoms with Crippen molar-refractivity contribution in [2.24, 2.45) is 5.41 Å². The zero-order chi connectivity index (χ0) is 11.6. The molecule has 1 atom stereocenters. The molecule has 3 nitrogen and oxygen atoms in total. The molecule has 1 N–H and O–H groups in total. The summed E-state index contributed by atoms with van der Waals surface area (Å²) in [6.07, 6.45) is 5.72. The maximum Gasteiger partial charge on any atom is 0.228 e. The van der Waals surface area contributed by atoms with E-state index in [1.165, 1.54) is 12.8 Å². The molecule has 2 rings (SSSR count). The highest BCUT2D eigenvalue weighted by atomic mass is 35.5. The van der Waals surface area contributed by atoms with Crippen LogP contribution < -0.4 is 5.32 Å². The molecule has 1 amide bonds. The van der Waals surface area contributed by atoms with Crippen molar-refractivity contribution in [3.63, 3.8) is 0 Å². The lowest BCUT2D eigenvalue weighted by Gasteiger charge is -2.38. The predicted octanol–water partition coefficient (Wildman–Crippen LogP) is 2.20. The van der Waals surface area contributed by atoms with E-state index in [-0.39, 0.29) is 17.8 Å². The molecule has 0 bridgehead atoms. The fourth-order valence-corrected chi connectivity index (χ4v) is 3.22. The maximum atomic E-state index is 12.6. The van der Waals surface area contributed by atoms with Gasteiger partial charge < -0.3 is 10.2 Å². The Kier molecular flexibility index (Phi) is 5.26. The zero-order valence-corrected chi connectivity index (χ0v) is 11.8. The van der Waals surface area contributed by atoms with Crippen LogP contribution in [-0.2, 0) is 4.79 Å². The van der Waals surface area contributed by atoms with Gasteiger partial charge in [0.2, 0.25) is 5.91 Å². The second-order valence-corrected chi connectivity index (χ2v) is 5.45. The van der Waals surface area contributed by atoms with Crippen LogP contribution in [0, 0.1) is 5.41 Å². The fraction of sp³-hybridized carbons (Fsp3) is 0.923. The summed E-state index contributed by atoms with van der Waals surface area (Å²) >= 11 is 0. The molecular weight excluding hydrogens is 236 g/mol. The third kappa shape index (κ3) is 2.94. The van der Waals surface area contributed by atoms with Gasteiger partial charge in [-0.05, 0) is 26.2 Å². The fourth-order valence-electron chi connectivity index (χ4n) is 3.22. The van der Waals surface area contributed by atoms with Gasteiger partial charge in [0, 0.05) is 31.1 Å². The summed E-state index contributed by atoms with van der Waals surface area (Å²) in [5, 5.41) is 3.39. The van der Waals surface area contributed by atoms with Gasteiger partial charge in [0.15, 0.2) is 0 Å². The van der Waals surface area contributed by atoms with Gasteiger partial charge in [0.1, 0.15) is 0 Å². The van der Waals surface area contributed by atoms with Crippen molar-refractivity contribution in [2.75, 3.05) is 19.6 Å². The van der Waals surface area contributed by atoms with Crippen molar-refractivity contribution < 1.29 is 4.79 Å². The van der Waals surface area contributed by atoms with Crippen molar-refractivity contribution in [2.45, 2.75) is 52.0 Å². The van der Waals surface area contributed by atoms with E-state index in [2.05, 4.69) is 24.1 Å². The van der Waals surface area contributed by atoms with Crippen LogP contribution in [0.3, 0.4) is 0 Å². The maximum absolute atomic E-state index is 12.6. The molecular formula is C13H25ClN2O. The summed E-state index contributed by atoms with van der Waals surface area (Å²) in [6.45, 7) is 7.07. The Morgan fingerprint density at radius 1 is 1.41 bits per heavy atom. The van der Waals surface area contributed by atoms with E-state index in [0.29, 0.717) is 11.9 Å². The smallest absolute Gasteiger partial charge is 0.228 e. The summed E-state index contributed by atoms with van der Waals surface area (Å²) < 4.78 is 0. The van der Waals surface area contributed by atoms with Gasteiger partial charge in [-0.15, -0.1) is 12.4 Å². The van der Waals surface area contributed by atoms with E-state index in [0.717, 1.165) is 38.9 Å². The molecule has 0 radical (unpaired) electrons. The van der Waals surface area contributed by atoms with E-state index in [9.17, 15) is 4.79 Å². The number of nitrogens with zero attached hydrogens (tertiary/aromatic N) is 1. The summed E-state index contributed by atoms with van der Waals surface area (Å²) in [6, 6.07) is 0.452. The second kappa shape index (κ2) is 6.05. The first-order valence-corrected chi connectivity index (χ1v) is 6.71. The molecule has 4 heteroatoms. The first kappa shape index (κ1) is 14.8. The van der Waals surface area contributed by atoms with Gasteiger partial charge in [-0.2, -0.15) is 0 Å². The molecule has 0 aromatic rings. The Hall–Kier alpha value is -0.280. The highest BCUT2D eigenvalue weighted by molar-refractivity contribution is 5.85. The lowest BCUT2D eigenvalue weighted by Crippen LogP contribution is -2.54. The highest BCUT2D eigenvalue weighted by Gasteiger charge is 2.42. The molecule has 0 aromatic heterocycles. The summed E-state index contributed by atoms with van der Waals surface area (Å²) in [5.41, 5.74) is -0.00292. The largest absolute Gasteiger partial charge is 0.339 e. The number of carbonyl (C=O) groups is 1. The molecule has 17 heavy (non-hydrogen) atoms. The summed E-state index contributed by atoms with van der Waals surface area (Å²) in [4.78, 5) is 14.7. The first-order chi connectivity index (χ1) is 7.68. The van der Waals surface area contributed by atoms with Gasteiger partial charge in [-0.25, -0.2) is 0 Å². The van der Waals surface area contributed by atoms with E-state index >= 15 is 0 Å². The normalized spacial score (nSPS) is 27.6. The molecule has 1 aliphatic carbocycles. The van der Waals surface area contributed by atoms with Crippen LogP contribution in [0.5, 0.6) is 0 Å². The number of hydrogen-bond donors (Lipinski definition) is 1. The topological polar surface area (TPSA) is 32.3 Å². The summed E-state index contributed by atoms with van der Waals surface area (Å²) in [5.74, 6) is 0.431. The lowest BCUT2D eigenvalue weighted by molar-refractivity contribution is -0.143. The van der Waals surface area contributed by atoms with Crippen LogP contribution in [-0.4, -0.2) is 36.5 Å². The number of halogens is 1. The van der Waals surface area contributed by atoms with Crippen molar-refractivity contribution in [1.82, 2.24) is 10.2 Å². The number of rotatable bonds is 2. The molecule has 2 aliphatic rings. The van der Waals surface area contributed by atoms with Crippen LogP contribution in [0.25, 0.3) is 0 Å². The lowest BCUT2D eigenvalue weighted by atomic mass is 9.81. The van der Waals surface area contributed by atoms with Crippen molar-refractivity contribution in [1.29, 1.82) is 0 Å². The average Bonchev–Trinajstić information content (AvgIpc) is 2.78. The third-order valence-electron chi connectivity index (χ3n) is 4.35. The Morgan fingerprint density at radius 3 is 2.59 bits per heavy atom. The Labute approximate surface area is 111 Å². The van der Waals surface area contributed by atoms with Crippen molar-refractivity contribution in [3.05, 3.63) is 0 Å². The van der Waals surface area contributed by atoms with Gasteiger partial charge in [-0.1, -0.05) is 19.8 Å². The monoisotopic (exact) mass is 260 g/mol. The second-order valence-electron chi connectivity index (χ2n) is 5.45. The van der Waals surface area contributed by atoms with Gasteiger partial charge in [0.25, 0.3) is 0 Å². The number of carbonyl (C=O) groups excluding carboxylic acids is 1. The Bertz CT molecular complexity index is 264. The molecule has 1 saturated carbocycles. The van der Waals surface area contributed by atoms with Crippen LogP contribution in [0.2, 0.25) is 0 Å². The highest BCUT2D eigenvalue weighted by Crippen LogP contribution is 2.42. The Balaban J connectivity index is 0.00000144. The minimum Gasteiger partial charge on any atom is -0.339 e. The number of amides is 1. The van der Waals surface area contributed by atoms with Crippen LogP contribution >= 0.6 is 12.4 Å². The molecule has 100 valence electrons. The summed E-state index contributed by atoms with van der Waals surface area (Å²) in [7, 11) is 0. The van der Waals surface area contributed by atoms with Crippen molar-refractivity contribution in [3.8, 4) is 0 Å². The van der Waals surface area contributed by atoms with Crippen LogP contribution in [0.15, 0.2) is 0 Å². The number of hydrogen-bond acceptors (Lipinski definition) is 2. The molecule has 0 spiro atoms. The van der Waals surface area contributed by atoms with E-state index in [1.807, 2.05) is 0 Å². The van der Waals surface area contributed by atoms with Crippen molar-refractivity contribution >= 4 is 18.3 Å². The zero-order valence-electron chi connectivity index (χ0n) is 11.0. The van der Waals surface area contributed by atoms with Crippen LogP contribution in [0.4, 0.5) is 0 Å². The number of nitrogens with one attached hydrogen (secondary N) is 1. The molecule has 1 saturated heterocycles.